The molecule has 0 radical (unpaired) electrons. The van der Waals surface area contributed by atoms with Crippen LogP contribution < -0.4 is 0 Å². The highest BCUT2D eigenvalue weighted by Gasteiger charge is 2.40. The third kappa shape index (κ3) is 4.59. The minimum atomic E-state index is -1.89. The fourth-order valence-corrected chi connectivity index (χ4v) is 3.87. The lowest BCUT2D eigenvalue weighted by molar-refractivity contribution is -0.134. The first kappa shape index (κ1) is 23.7. The average molecular weight is 592 g/mol. The summed E-state index contributed by atoms with van der Waals surface area (Å²) < 4.78 is 11.2. The van der Waals surface area contributed by atoms with E-state index in [2.05, 4.69) is 31.9 Å². The van der Waals surface area contributed by atoms with Crippen LogP contribution in [-0.2, 0) is 15.9 Å². The molecule has 0 atom stereocenters. The average Bonchev–Trinajstić information content (AvgIpc) is 2.80. The Bertz CT molecular complexity index is 1230. The summed E-state index contributed by atoms with van der Waals surface area (Å²) in [6, 6.07) is 11.6. The van der Waals surface area contributed by atoms with Crippen LogP contribution >= 0.6 is 31.9 Å². The molecule has 0 aromatic heterocycles. The molecule has 0 fully saturated rings. The van der Waals surface area contributed by atoms with Gasteiger partial charge in [0.25, 0.3) is 5.79 Å². The Morgan fingerprint density at radius 2 is 1.21 bits per heavy atom. The first-order chi connectivity index (χ1) is 16.1. The third-order valence-corrected chi connectivity index (χ3v) is 6.70. The minimum absolute atomic E-state index is 0.00605. The van der Waals surface area contributed by atoms with Crippen molar-refractivity contribution < 1.29 is 39.5 Å². The fourth-order valence-electron chi connectivity index (χ4n) is 3.42. The molecule has 4 N–H and O–H groups in total. The summed E-state index contributed by atoms with van der Waals surface area (Å²) in [5.41, 5.74) is 1.20. The summed E-state index contributed by atoms with van der Waals surface area (Å²) in [6.45, 7) is 0. The van der Waals surface area contributed by atoms with Crippen LogP contribution in [0.5, 0.6) is 23.0 Å². The van der Waals surface area contributed by atoms with Crippen molar-refractivity contribution >= 4 is 49.9 Å². The van der Waals surface area contributed by atoms with Crippen molar-refractivity contribution in [3.63, 3.8) is 0 Å². The number of carbonyl (C=O) groups excluding carboxylic acids is 2. The van der Waals surface area contributed by atoms with Crippen molar-refractivity contribution in [1.29, 1.82) is 0 Å². The lowest BCUT2D eigenvalue weighted by Crippen LogP contribution is -2.42. The molecule has 0 saturated carbocycles. The summed E-state index contributed by atoms with van der Waals surface area (Å²) in [6.07, 6.45) is 3.01. The van der Waals surface area contributed by atoms with Gasteiger partial charge in [-0.2, -0.15) is 0 Å². The van der Waals surface area contributed by atoms with Crippen LogP contribution in [0.15, 0.2) is 63.6 Å². The number of ether oxygens (including phenoxy) is 2. The van der Waals surface area contributed by atoms with Gasteiger partial charge in [0.15, 0.2) is 0 Å². The molecule has 0 heterocycles. The van der Waals surface area contributed by atoms with Gasteiger partial charge in [0, 0.05) is 6.08 Å². The van der Waals surface area contributed by atoms with Gasteiger partial charge < -0.3 is 29.9 Å². The summed E-state index contributed by atoms with van der Waals surface area (Å²) in [5.74, 6) is -5.38. The van der Waals surface area contributed by atoms with E-state index in [9.17, 15) is 30.0 Å². The number of aromatic hydroxyl groups is 4. The van der Waals surface area contributed by atoms with Gasteiger partial charge in [0.2, 0.25) is 0 Å². The number of rotatable bonds is 4. The zero-order valence-electron chi connectivity index (χ0n) is 17.2. The topological polar surface area (TPSA) is 134 Å². The second kappa shape index (κ2) is 9.03. The molecule has 0 unspecified atom stereocenters. The third-order valence-electron chi connectivity index (χ3n) is 5.08. The van der Waals surface area contributed by atoms with E-state index in [1.807, 2.05) is 12.1 Å². The van der Waals surface area contributed by atoms with E-state index >= 15 is 0 Å². The zero-order valence-corrected chi connectivity index (χ0v) is 20.3. The molecular weight excluding hydrogens is 576 g/mol. The molecule has 10 heteroatoms. The van der Waals surface area contributed by atoms with E-state index in [1.54, 1.807) is 18.2 Å². The van der Waals surface area contributed by atoms with E-state index in [0.717, 1.165) is 35.4 Å². The lowest BCUT2D eigenvalue weighted by atomic mass is 9.93. The zero-order chi connectivity index (χ0) is 24.6. The molecule has 174 valence electrons. The van der Waals surface area contributed by atoms with E-state index in [0.29, 0.717) is 0 Å². The fraction of sp³-hybridized carbons (Fsp3) is 0.0833. The summed E-state index contributed by atoms with van der Waals surface area (Å²) >= 11 is 5.98. The van der Waals surface area contributed by atoms with Gasteiger partial charge in [0.1, 0.15) is 31.9 Å². The predicted octanol–water partition coefficient (Wildman–Crippen LogP) is 5.01. The number of hydrogen-bond acceptors (Lipinski definition) is 8. The van der Waals surface area contributed by atoms with Gasteiger partial charge in [-0.15, -0.1) is 0 Å². The summed E-state index contributed by atoms with van der Waals surface area (Å²) in [4.78, 5) is 25.9. The summed E-state index contributed by atoms with van der Waals surface area (Å²) in [7, 11) is 0. The van der Waals surface area contributed by atoms with E-state index in [-0.39, 0.29) is 49.5 Å². The molecule has 4 rings (SSSR count). The van der Waals surface area contributed by atoms with Gasteiger partial charge >= 0.3 is 11.9 Å². The molecular formula is C24H16Br2O8. The Morgan fingerprint density at radius 3 is 1.68 bits per heavy atom. The molecule has 34 heavy (non-hydrogen) atoms. The van der Waals surface area contributed by atoms with Crippen LogP contribution in [0.1, 0.15) is 31.8 Å². The second-order valence-electron chi connectivity index (χ2n) is 7.46. The van der Waals surface area contributed by atoms with Crippen LogP contribution in [0, 0.1) is 0 Å². The quantitative estimate of drug-likeness (QED) is 0.246. The van der Waals surface area contributed by atoms with Crippen LogP contribution in [0.25, 0.3) is 6.08 Å². The Hall–Kier alpha value is -3.50. The highest BCUT2D eigenvalue weighted by atomic mass is 79.9. The number of benzene rings is 3. The molecule has 8 nitrogen and oxygen atoms in total. The standard InChI is InChI=1S/C24H16Br2O8/c25-20-16(27)7-14(8-17(20)28)22(31)33-24(6-5-12-3-1-2-4-13(12)11-24)34-23(32)15-9-18(29)21(26)19(30)10-15/h1-10,27-30H,11H2. The van der Waals surface area contributed by atoms with Crippen LogP contribution in [0.4, 0.5) is 0 Å². The second-order valence-corrected chi connectivity index (χ2v) is 9.04. The van der Waals surface area contributed by atoms with Crippen molar-refractivity contribution in [3.05, 3.63) is 85.8 Å². The summed E-state index contributed by atoms with van der Waals surface area (Å²) in [5, 5.41) is 39.7. The van der Waals surface area contributed by atoms with Crippen molar-refractivity contribution in [3.8, 4) is 23.0 Å². The van der Waals surface area contributed by atoms with Gasteiger partial charge in [-0.3, -0.25) is 0 Å². The maximum atomic E-state index is 12.9. The normalized spacial score (nSPS) is 13.7. The van der Waals surface area contributed by atoms with E-state index < -0.39 is 17.7 Å². The van der Waals surface area contributed by atoms with Gasteiger partial charge in [-0.25, -0.2) is 9.59 Å². The number of halogens is 2. The first-order valence-corrected chi connectivity index (χ1v) is 11.3. The molecule has 0 saturated heterocycles. The van der Waals surface area contributed by atoms with Crippen LogP contribution in [0.2, 0.25) is 0 Å². The lowest BCUT2D eigenvalue weighted by Gasteiger charge is -2.33. The van der Waals surface area contributed by atoms with Crippen molar-refractivity contribution in [2.75, 3.05) is 0 Å². The maximum absolute atomic E-state index is 12.9. The molecule has 3 aromatic rings. The number of phenols is 4. The van der Waals surface area contributed by atoms with Crippen LogP contribution in [-0.4, -0.2) is 38.2 Å². The van der Waals surface area contributed by atoms with E-state index in [4.69, 9.17) is 9.47 Å². The molecule has 1 aliphatic rings. The van der Waals surface area contributed by atoms with Crippen molar-refractivity contribution in [2.24, 2.45) is 0 Å². The monoisotopic (exact) mass is 590 g/mol. The molecule has 0 bridgehead atoms. The molecule has 0 amide bonds. The number of phenolic OH excluding ortho intramolecular Hbond substituents is 4. The number of hydrogen-bond donors (Lipinski definition) is 4. The highest BCUT2D eigenvalue weighted by Crippen LogP contribution is 2.38. The van der Waals surface area contributed by atoms with Crippen molar-refractivity contribution in [2.45, 2.75) is 12.2 Å². The molecule has 1 aliphatic carbocycles. The molecule has 3 aromatic carbocycles. The smallest absolute Gasteiger partial charge is 0.341 e. The van der Waals surface area contributed by atoms with Gasteiger partial charge in [-0.05, 0) is 67.3 Å². The molecule has 0 spiro atoms. The first-order valence-electron chi connectivity index (χ1n) is 9.75. The Morgan fingerprint density at radius 1 is 0.765 bits per heavy atom. The van der Waals surface area contributed by atoms with Gasteiger partial charge in [0.05, 0.1) is 17.5 Å². The Balaban J connectivity index is 1.70. The van der Waals surface area contributed by atoms with Crippen molar-refractivity contribution in [1.82, 2.24) is 0 Å². The maximum Gasteiger partial charge on any atom is 0.341 e. The number of carbonyl (C=O) groups is 2. The number of fused-ring (bicyclic) bond motifs is 1. The minimum Gasteiger partial charge on any atom is -0.507 e. The highest BCUT2D eigenvalue weighted by molar-refractivity contribution is 9.11. The SMILES string of the molecule is O=C(OC1(OC(=O)c2cc(O)c(Br)c(O)c2)C=Cc2ccccc2C1)c1cc(O)c(Br)c(O)c1. The Labute approximate surface area is 210 Å². The number of esters is 2. The van der Waals surface area contributed by atoms with Gasteiger partial charge in [-0.1, -0.05) is 30.3 Å². The molecule has 0 aliphatic heterocycles. The Kier molecular flexibility index (Phi) is 6.28. The van der Waals surface area contributed by atoms with E-state index in [1.165, 1.54) is 6.08 Å². The predicted molar refractivity (Wildman–Crippen MR) is 128 cm³/mol. The van der Waals surface area contributed by atoms with Crippen LogP contribution in [0.3, 0.4) is 0 Å². The largest absolute Gasteiger partial charge is 0.507 e.